The number of sulfonamides is 1. The maximum absolute atomic E-state index is 12.5. The van der Waals surface area contributed by atoms with Gasteiger partial charge in [0.05, 0.1) is 10.5 Å². The van der Waals surface area contributed by atoms with E-state index < -0.39 is 15.9 Å². The molecule has 25 heavy (non-hydrogen) atoms. The number of rotatable bonds is 5. The van der Waals surface area contributed by atoms with E-state index in [9.17, 15) is 18.5 Å². The highest BCUT2D eigenvalue weighted by atomic mass is 32.2. The Kier molecular flexibility index (Phi) is 5.62. The van der Waals surface area contributed by atoms with Crippen LogP contribution in [0.25, 0.3) is 0 Å². The summed E-state index contributed by atoms with van der Waals surface area (Å²) in [7, 11) is -3.68. The van der Waals surface area contributed by atoms with E-state index in [0.29, 0.717) is 10.6 Å². The fourth-order valence-electron chi connectivity index (χ4n) is 2.21. The van der Waals surface area contributed by atoms with Gasteiger partial charge in [0.25, 0.3) is 5.91 Å². The molecule has 0 aliphatic heterocycles. The Morgan fingerprint density at radius 1 is 1.28 bits per heavy atom. The van der Waals surface area contributed by atoms with Crippen LogP contribution in [0.1, 0.15) is 40.2 Å². The molecule has 0 saturated heterocycles. The van der Waals surface area contributed by atoms with Crippen LogP contribution in [0.2, 0.25) is 0 Å². The number of hydrogen-bond acceptors (Lipinski definition) is 5. The van der Waals surface area contributed by atoms with Gasteiger partial charge in [-0.3, -0.25) is 4.79 Å². The number of thiophene rings is 1. The molecule has 0 saturated carbocycles. The number of anilines is 1. The van der Waals surface area contributed by atoms with Gasteiger partial charge in [-0.2, -0.15) is 5.26 Å². The van der Waals surface area contributed by atoms with Crippen molar-refractivity contribution in [2.45, 2.75) is 38.6 Å². The van der Waals surface area contributed by atoms with Crippen LogP contribution in [0.15, 0.2) is 29.2 Å². The van der Waals surface area contributed by atoms with Crippen molar-refractivity contribution in [1.29, 1.82) is 5.26 Å². The SMILES string of the molecule is Cc1sc(NC(=O)c2cccc(S(=O)(=O)NC(C)C)c2)c(C#N)c1C. The molecule has 0 aliphatic rings. The van der Waals surface area contributed by atoms with E-state index >= 15 is 0 Å². The molecule has 2 rings (SSSR count). The van der Waals surface area contributed by atoms with Crippen molar-refractivity contribution in [1.82, 2.24) is 4.72 Å². The third-order valence-electron chi connectivity index (χ3n) is 3.52. The summed E-state index contributed by atoms with van der Waals surface area (Å²) in [6.07, 6.45) is 0. The summed E-state index contributed by atoms with van der Waals surface area (Å²) in [4.78, 5) is 13.4. The third kappa shape index (κ3) is 4.25. The van der Waals surface area contributed by atoms with Crippen LogP contribution in [0, 0.1) is 25.2 Å². The number of amides is 1. The van der Waals surface area contributed by atoms with Gasteiger partial charge in [0.15, 0.2) is 0 Å². The van der Waals surface area contributed by atoms with Crippen LogP contribution in [0.5, 0.6) is 0 Å². The second-order valence-electron chi connectivity index (χ2n) is 5.86. The van der Waals surface area contributed by atoms with Crippen LogP contribution < -0.4 is 10.0 Å². The summed E-state index contributed by atoms with van der Waals surface area (Å²) in [6.45, 7) is 7.14. The van der Waals surface area contributed by atoms with Crippen molar-refractivity contribution in [3.63, 3.8) is 0 Å². The Hall–Kier alpha value is -2.21. The molecule has 0 unspecified atom stereocenters. The Morgan fingerprint density at radius 3 is 2.56 bits per heavy atom. The lowest BCUT2D eigenvalue weighted by atomic mass is 10.2. The van der Waals surface area contributed by atoms with Crippen molar-refractivity contribution in [2.75, 3.05) is 5.32 Å². The highest BCUT2D eigenvalue weighted by Gasteiger charge is 2.19. The molecule has 0 aliphatic carbocycles. The maximum Gasteiger partial charge on any atom is 0.256 e. The van der Waals surface area contributed by atoms with Crippen LogP contribution in [0.4, 0.5) is 5.00 Å². The largest absolute Gasteiger partial charge is 0.312 e. The molecule has 1 amide bonds. The van der Waals surface area contributed by atoms with Gasteiger partial charge >= 0.3 is 0 Å². The van der Waals surface area contributed by atoms with Gasteiger partial charge in [-0.25, -0.2) is 13.1 Å². The molecule has 6 nitrogen and oxygen atoms in total. The van der Waals surface area contributed by atoms with E-state index in [-0.39, 0.29) is 16.5 Å². The van der Waals surface area contributed by atoms with Crippen molar-refractivity contribution in [2.24, 2.45) is 0 Å². The zero-order valence-corrected chi connectivity index (χ0v) is 16.0. The van der Waals surface area contributed by atoms with Crippen LogP contribution in [-0.2, 0) is 10.0 Å². The van der Waals surface area contributed by atoms with Crippen molar-refractivity contribution in [3.05, 3.63) is 45.8 Å². The van der Waals surface area contributed by atoms with Gasteiger partial charge in [0.2, 0.25) is 10.0 Å². The highest BCUT2D eigenvalue weighted by Crippen LogP contribution is 2.32. The first kappa shape index (κ1) is 19.1. The summed E-state index contributed by atoms with van der Waals surface area (Å²) in [5, 5.41) is 12.4. The van der Waals surface area contributed by atoms with E-state index in [2.05, 4.69) is 16.1 Å². The summed E-state index contributed by atoms with van der Waals surface area (Å²) in [5.74, 6) is -0.459. The number of nitrogens with zero attached hydrogens (tertiary/aromatic N) is 1. The van der Waals surface area contributed by atoms with Crippen LogP contribution in [0.3, 0.4) is 0 Å². The molecule has 1 heterocycles. The minimum Gasteiger partial charge on any atom is -0.312 e. The molecule has 1 aromatic carbocycles. The average Bonchev–Trinajstić information content (AvgIpc) is 2.80. The molecule has 1 aromatic heterocycles. The predicted octanol–water partition coefficient (Wildman–Crippen LogP) is 3.18. The first-order valence-corrected chi connectivity index (χ1v) is 9.89. The number of nitriles is 1. The molecule has 0 radical (unpaired) electrons. The molecule has 0 fully saturated rings. The quantitative estimate of drug-likeness (QED) is 0.836. The van der Waals surface area contributed by atoms with Gasteiger partial charge in [-0.1, -0.05) is 6.07 Å². The fraction of sp³-hybridized carbons (Fsp3) is 0.294. The van der Waals surface area contributed by atoms with Crippen molar-refractivity contribution >= 4 is 32.3 Å². The smallest absolute Gasteiger partial charge is 0.256 e. The molecule has 0 spiro atoms. The van der Waals surface area contributed by atoms with Gasteiger partial charge < -0.3 is 5.32 Å². The van der Waals surface area contributed by atoms with E-state index in [1.807, 2.05) is 13.8 Å². The van der Waals surface area contributed by atoms with Crippen LogP contribution >= 0.6 is 11.3 Å². The molecule has 132 valence electrons. The number of carbonyl (C=O) groups excluding carboxylic acids is 1. The van der Waals surface area contributed by atoms with Crippen LogP contribution in [-0.4, -0.2) is 20.4 Å². The average molecular weight is 377 g/mol. The summed E-state index contributed by atoms with van der Waals surface area (Å²) >= 11 is 1.32. The first-order valence-electron chi connectivity index (χ1n) is 7.59. The van der Waals surface area contributed by atoms with Gasteiger partial charge in [-0.05, 0) is 51.5 Å². The van der Waals surface area contributed by atoms with E-state index in [1.54, 1.807) is 13.8 Å². The Balaban J connectivity index is 2.32. The molecule has 2 aromatic rings. The number of benzene rings is 1. The minimum atomic E-state index is -3.68. The molecule has 8 heteroatoms. The van der Waals surface area contributed by atoms with Crippen molar-refractivity contribution < 1.29 is 13.2 Å². The third-order valence-corrected chi connectivity index (χ3v) is 6.30. The second kappa shape index (κ2) is 7.35. The van der Waals surface area contributed by atoms with E-state index in [0.717, 1.165) is 10.4 Å². The standard InChI is InChI=1S/C17H19N3O3S2/c1-10(2)20-25(22,23)14-7-5-6-13(8-14)16(21)19-17-15(9-18)11(3)12(4)24-17/h5-8,10,20H,1-4H3,(H,19,21). The predicted molar refractivity (Wildman–Crippen MR) is 98.4 cm³/mol. The molecule has 0 bridgehead atoms. The lowest BCUT2D eigenvalue weighted by Crippen LogP contribution is -2.30. The Labute approximate surface area is 151 Å². The van der Waals surface area contributed by atoms with E-state index in [1.165, 1.54) is 35.6 Å². The second-order valence-corrected chi connectivity index (χ2v) is 8.80. The normalized spacial score (nSPS) is 11.4. The molecular formula is C17H19N3O3S2. The van der Waals surface area contributed by atoms with Gasteiger partial charge in [-0.15, -0.1) is 11.3 Å². The Morgan fingerprint density at radius 2 is 1.96 bits per heavy atom. The fourth-order valence-corrected chi connectivity index (χ4v) is 4.51. The summed E-state index contributed by atoms with van der Waals surface area (Å²) < 4.78 is 27.0. The molecule has 2 N–H and O–H groups in total. The highest BCUT2D eigenvalue weighted by molar-refractivity contribution is 7.89. The lowest BCUT2D eigenvalue weighted by Gasteiger charge is -2.10. The zero-order chi connectivity index (χ0) is 18.8. The number of carbonyl (C=O) groups is 1. The topological polar surface area (TPSA) is 99.1 Å². The summed E-state index contributed by atoms with van der Waals surface area (Å²) in [6, 6.07) is 7.63. The van der Waals surface area contributed by atoms with Gasteiger partial charge in [0.1, 0.15) is 11.1 Å². The molecular weight excluding hydrogens is 358 g/mol. The molecule has 0 atom stereocenters. The van der Waals surface area contributed by atoms with Gasteiger partial charge in [0, 0.05) is 16.5 Å². The lowest BCUT2D eigenvalue weighted by molar-refractivity contribution is 0.102. The maximum atomic E-state index is 12.5. The minimum absolute atomic E-state index is 0.0212. The Bertz CT molecular complexity index is 954. The number of aryl methyl sites for hydroxylation is 1. The number of hydrogen-bond donors (Lipinski definition) is 2. The van der Waals surface area contributed by atoms with Crippen molar-refractivity contribution in [3.8, 4) is 6.07 Å². The monoisotopic (exact) mass is 377 g/mol. The number of nitrogens with one attached hydrogen (secondary N) is 2. The summed E-state index contributed by atoms with van der Waals surface area (Å²) in [5.41, 5.74) is 1.47. The first-order chi connectivity index (χ1) is 11.7. The van der Waals surface area contributed by atoms with E-state index in [4.69, 9.17) is 0 Å². The zero-order valence-electron chi connectivity index (χ0n) is 14.4.